The van der Waals surface area contributed by atoms with E-state index in [0.717, 1.165) is 0 Å². The first kappa shape index (κ1) is 10.7. The number of primary amides is 1. The number of amides is 3. The average Bonchev–Trinajstić information content (AvgIpc) is 1.27. The van der Waals surface area contributed by atoms with Crippen molar-refractivity contribution in [1.82, 2.24) is 5.32 Å². The molecule has 3 amide bonds. The van der Waals surface area contributed by atoms with Crippen molar-refractivity contribution < 1.29 is 44.3 Å². The van der Waals surface area contributed by atoms with Gasteiger partial charge in [-0.3, -0.25) is 5.32 Å². The molecule has 3 N–H and O–H groups in total. The second-order valence-corrected chi connectivity index (χ2v) is 0.777. The molecule has 0 aromatic rings. The summed E-state index contributed by atoms with van der Waals surface area (Å²) in [6.45, 7) is 0. The Hall–Kier alpha value is -0.260. The average molecular weight is 126 g/mol. The Morgan fingerprint density at radius 2 is 1.88 bits per heavy atom. The summed E-state index contributed by atoms with van der Waals surface area (Å²) in [5, 5.41) is 10.5. The van der Waals surface area contributed by atoms with Gasteiger partial charge in [0.05, 0.1) is 0 Å². The Balaban J connectivity index is 0. The number of carboxylic acid groups (broad SMARTS) is 1. The Bertz CT molecular complexity index is 91.5. The van der Waals surface area contributed by atoms with E-state index < -0.39 is 12.1 Å². The van der Waals surface area contributed by atoms with Gasteiger partial charge in [-0.05, 0) is 0 Å². The summed E-state index contributed by atoms with van der Waals surface area (Å²) in [5.41, 5.74) is 4.32. The van der Waals surface area contributed by atoms with E-state index in [4.69, 9.17) is 0 Å². The number of carbonyl (C=O) groups excluding carboxylic acids is 2. The minimum absolute atomic E-state index is 0. The van der Waals surface area contributed by atoms with Crippen LogP contribution in [0.5, 0.6) is 0 Å². The molecule has 0 fully saturated rings. The van der Waals surface area contributed by atoms with Crippen molar-refractivity contribution in [2.45, 2.75) is 0 Å². The SMILES string of the molecule is NC(=O)NC(=O)[O-].[Na+]. The van der Waals surface area contributed by atoms with E-state index in [2.05, 4.69) is 5.73 Å². The molecule has 0 aliphatic carbocycles. The third-order valence-corrected chi connectivity index (χ3v) is 0.225. The van der Waals surface area contributed by atoms with Crippen LogP contribution >= 0.6 is 0 Å². The molecule has 0 heterocycles. The molecular weight excluding hydrogens is 123 g/mol. The third kappa shape index (κ3) is 9.22. The van der Waals surface area contributed by atoms with Gasteiger partial charge in [0.25, 0.3) is 0 Å². The monoisotopic (exact) mass is 126 g/mol. The van der Waals surface area contributed by atoms with Gasteiger partial charge in [-0.1, -0.05) is 0 Å². The number of nitrogens with two attached hydrogens (primary N) is 1. The number of urea groups is 1. The number of rotatable bonds is 0. The summed E-state index contributed by atoms with van der Waals surface area (Å²) in [6, 6.07) is -1.13. The molecule has 0 atom stereocenters. The number of hydrogen-bond acceptors (Lipinski definition) is 3. The van der Waals surface area contributed by atoms with Gasteiger partial charge in [0, 0.05) is 0 Å². The molecular formula is C2H3N2NaO3. The summed E-state index contributed by atoms with van der Waals surface area (Å²) in [6.07, 6.45) is -1.69. The maximum absolute atomic E-state index is 9.50. The molecule has 0 radical (unpaired) electrons. The van der Waals surface area contributed by atoms with Crippen LogP contribution in [-0.2, 0) is 0 Å². The summed E-state index contributed by atoms with van der Waals surface area (Å²) < 4.78 is 0. The van der Waals surface area contributed by atoms with E-state index in [1.807, 2.05) is 0 Å². The van der Waals surface area contributed by atoms with Crippen molar-refractivity contribution in [3.8, 4) is 0 Å². The van der Waals surface area contributed by atoms with Crippen LogP contribution < -0.4 is 45.7 Å². The van der Waals surface area contributed by atoms with Crippen LogP contribution in [0.25, 0.3) is 0 Å². The Morgan fingerprint density at radius 1 is 1.50 bits per heavy atom. The third-order valence-electron chi connectivity index (χ3n) is 0.225. The Kier molecular flexibility index (Phi) is 6.52. The van der Waals surface area contributed by atoms with Gasteiger partial charge in [0.15, 0.2) is 0 Å². The molecule has 0 spiro atoms. The fraction of sp³-hybridized carbons (Fsp3) is 0. The second kappa shape index (κ2) is 4.89. The van der Waals surface area contributed by atoms with Crippen molar-refractivity contribution in [1.29, 1.82) is 0 Å². The molecule has 0 aliphatic rings. The van der Waals surface area contributed by atoms with Crippen LogP contribution in [0.1, 0.15) is 0 Å². The van der Waals surface area contributed by atoms with Crippen LogP contribution in [0.4, 0.5) is 9.59 Å². The molecule has 0 unspecified atom stereocenters. The fourth-order valence-electron chi connectivity index (χ4n) is 0.101. The number of carbonyl (C=O) groups is 2. The van der Waals surface area contributed by atoms with Crippen LogP contribution in [0.15, 0.2) is 0 Å². The first-order chi connectivity index (χ1) is 3.13. The van der Waals surface area contributed by atoms with Gasteiger partial charge in [-0.2, -0.15) is 0 Å². The summed E-state index contributed by atoms with van der Waals surface area (Å²) in [7, 11) is 0. The maximum Gasteiger partial charge on any atom is 1.00 e. The normalized spacial score (nSPS) is 6.50. The molecule has 8 heavy (non-hydrogen) atoms. The predicted octanol–water partition coefficient (Wildman–Crippen LogP) is -5.00. The Labute approximate surface area is 67.5 Å². The molecule has 40 valence electrons. The summed E-state index contributed by atoms with van der Waals surface area (Å²) in [5.74, 6) is 0. The zero-order chi connectivity index (χ0) is 5.86. The largest absolute Gasteiger partial charge is 1.00 e. The number of imide groups is 1. The van der Waals surface area contributed by atoms with E-state index in [1.54, 1.807) is 0 Å². The number of nitrogens with one attached hydrogen (secondary N) is 1. The van der Waals surface area contributed by atoms with Gasteiger partial charge < -0.3 is 15.6 Å². The zero-order valence-electron chi connectivity index (χ0n) is 4.30. The van der Waals surface area contributed by atoms with Gasteiger partial charge in [-0.15, -0.1) is 0 Å². The van der Waals surface area contributed by atoms with Crippen molar-refractivity contribution in [2.75, 3.05) is 0 Å². The van der Waals surface area contributed by atoms with Crippen LogP contribution in [0.2, 0.25) is 0 Å². The second-order valence-electron chi connectivity index (χ2n) is 0.777. The topological polar surface area (TPSA) is 95.2 Å². The first-order valence-corrected chi connectivity index (χ1v) is 1.40. The molecule has 0 aliphatic heterocycles. The van der Waals surface area contributed by atoms with Gasteiger partial charge in [-0.25, -0.2) is 4.79 Å². The van der Waals surface area contributed by atoms with E-state index in [-0.39, 0.29) is 29.6 Å². The van der Waals surface area contributed by atoms with E-state index >= 15 is 0 Å². The Morgan fingerprint density at radius 3 is 1.88 bits per heavy atom. The van der Waals surface area contributed by atoms with Gasteiger partial charge >= 0.3 is 35.6 Å². The van der Waals surface area contributed by atoms with Gasteiger partial charge in [0.1, 0.15) is 6.09 Å². The first-order valence-electron chi connectivity index (χ1n) is 1.40. The van der Waals surface area contributed by atoms with E-state index in [0.29, 0.717) is 0 Å². The molecule has 0 saturated carbocycles. The molecule has 5 nitrogen and oxygen atoms in total. The van der Waals surface area contributed by atoms with E-state index in [9.17, 15) is 14.7 Å². The van der Waals surface area contributed by atoms with Crippen molar-refractivity contribution in [2.24, 2.45) is 5.73 Å². The van der Waals surface area contributed by atoms with Gasteiger partial charge in [0.2, 0.25) is 0 Å². The molecule has 0 rings (SSSR count). The minimum Gasteiger partial charge on any atom is -0.530 e. The zero-order valence-corrected chi connectivity index (χ0v) is 6.30. The minimum atomic E-state index is -1.69. The van der Waals surface area contributed by atoms with Crippen LogP contribution in [-0.4, -0.2) is 12.1 Å². The maximum atomic E-state index is 9.50. The predicted molar refractivity (Wildman–Crippen MR) is 18.1 cm³/mol. The molecule has 6 heteroatoms. The van der Waals surface area contributed by atoms with Crippen LogP contribution in [0.3, 0.4) is 0 Å². The smallest absolute Gasteiger partial charge is 0.530 e. The molecule has 0 aromatic heterocycles. The van der Waals surface area contributed by atoms with Crippen molar-refractivity contribution in [3.05, 3.63) is 0 Å². The fourth-order valence-corrected chi connectivity index (χ4v) is 0.101. The molecule has 0 aromatic carbocycles. The summed E-state index contributed by atoms with van der Waals surface area (Å²) >= 11 is 0. The summed E-state index contributed by atoms with van der Waals surface area (Å²) in [4.78, 5) is 18.8. The van der Waals surface area contributed by atoms with Crippen molar-refractivity contribution in [3.63, 3.8) is 0 Å². The standard InChI is InChI=1S/C2H4N2O3.Na/c3-1(5)4-2(6)7;/h(H,6,7)(H3,3,4,5);/q;+1/p-1. The molecule has 0 saturated heterocycles. The molecule has 0 bridgehead atoms. The van der Waals surface area contributed by atoms with E-state index in [1.165, 1.54) is 5.32 Å². The van der Waals surface area contributed by atoms with Crippen LogP contribution in [0, 0.1) is 0 Å². The quantitative estimate of drug-likeness (QED) is 0.318. The number of hydrogen-bond donors (Lipinski definition) is 2. The van der Waals surface area contributed by atoms with Crippen molar-refractivity contribution >= 4 is 12.1 Å².